The van der Waals surface area contributed by atoms with Crippen molar-refractivity contribution in [1.82, 2.24) is 4.98 Å². The van der Waals surface area contributed by atoms with Gasteiger partial charge in [0.1, 0.15) is 0 Å². The summed E-state index contributed by atoms with van der Waals surface area (Å²) in [6, 6.07) is 2.49. The predicted octanol–water partition coefficient (Wildman–Crippen LogP) is 1.56. The number of hydrogen-bond acceptors (Lipinski definition) is 2. The van der Waals surface area contributed by atoms with Crippen LogP contribution in [0.1, 0.15) is 12.0 Å². The molecular formula is C8H9F2NO. The Hall–Kier alpha value is -1.03. The summed E-state index contributed by atoms with van der Waals surface area (Å²) in [7, 11) is 0. The molecule has 4 heteroatoms. The van der Waals surface area contributed by atoms with E-state index in [-0.39, 0.29) is 5.56 Å². The lowest BCUT2D eigenvalue weighted by atomic mass is 10.1. The highest BCUT2D eigenvalue weighted by atomic mass is 19.3. The minimum atomic E-state index is -2.95. The van der Waals surface area contributed by atoms with Crippen molar-refractivity contribution in [2.75, 3.05) is 6.61 Å². The Balaban J connectivity index is 2.82. The molecule has 0 aliphatic rings. The van der Waals surface area contributed by atoms with Crippen molar-refractivity contribution in [3.63, 3.8) is 0 Å². The van der Waals surface area contributed by atoms with Gasteiger partial charge in [-0.3, -0.25) is 4.98 Å². The van der Waals surface area contributed by atoms with Gasteiger partial charge in [-0.05, 0) is 12.1 Å². The molecule has 0 amide bonds. The van der Waals surface area contributed by atoms with E-state index in [4.69, 9.17) is 5.11 Å². The topological polar surface area (TPSA) is 33.1 Å². The lowest BCUT2D eigenvalue weighted by molar-refractivity contribution is -0.0270. The Morgan fingerprint density at radius 1 is 1.33 bits per heavy atom. The van der Waals surface area contributed by atoms with Gasteiger partial charge < -0.3 is 5.11 Å². The molecule has 2 nitrogen and oxygen atoms in total. The van der Waals surface area contributed by atoms with Crippen LogP contribution < -0.4 is 0 Å². The van der Waals surface area contributed by atoms with Crippen LogP contribution in [-0.2, 0) is 5.92 Å². The summed E-state index contributed by atoms with van der Waals surface area (Å²) in [6.07, 6.45) is 2.07. The van der Waals surface area contributed by atoms with Gasteiger partial charge in [0.25, 0.3) is 5.92 Å². The maximum absolute atomic E-state index is 13.0. The van der Waals surface area contributed by atoms with E-state index < -0.39 is 19.0 Å². The minimum absolute atomic E-state index is 0.105. The molecule has 1 aromatic rings. The number of halogens is 2. The number of nitrogens with zero attached hydrogens (tertiary/aromatic N) is 1. The Kier molecular flexibility index (Phi) is 2.70. The third-order valence-corrected chi connectivity index (χ3v) is 1.53. The van der Waals surface area contributed by atoms with Gasteiger partial charge in [-0.15, -0.1) is 0 Å². The maximum atomic E-state index is 13.0. The molecule has 0 fully saturated rings. The molecule has 0 saturated carbocycles. The average molecular weight is 173 g/mol. The summed E-state index contributed by atoms with van der Waals surface area (Å²) >= 11 is 0. The van der Waals surface area contributed by atoms with Gasteiger partial charge in [-0.1, -0.05) is 0 Å². The van der Waals surface area contributed by atoms with E-state index in [1.165, 1.54) is 24.5 Å². The first-order chi connectivity index (χ1) is 5.67. The number of rotatable bonds is 3. The second-order valence-electron chi connectivity index (χ2n) is 2.41. The molecule has 0 saturated heterocycles. The monoisotopic (exact) mass is 173 g/mol. The molecule has 0 bridgehead atoms. The van der Waals surface area contributed by atoms with Crippen LogP contribution in [0.2, 0.25) is 0 Å². The number of alkyl halides is 2. The molecule has 0 unspecified atom stereocenters. The molecule has 1 aromatic heterocycles. The first-order valence-corrected chi connectivity index (χ1v) is 3.56. The van der Waals surface area contributed by atoms with Crippen LogP contribution in [0.15, 0.2) is 24.5 Å². The minimum Gasteiger partial charge on any atom is -0.396 e. The fraction of sp³-hybridized carbons (Fsp3) is 0.375. The van der Waals surface area contributed by atoms with E-state index in [0.717, 1.165) is 0 Å². The zero-order valence-electron chi connectivity index (χ0n) is 6.37. The molecule has 1 heterocycles. The molecule has 0 aromatic carbocycles. The van der Waals surface area contributed by atoms with Crippen LogP contribution in [0.25, 0.3) is 0 Å². The summed E-state index contributed by atoms with van der Waals surface area (Å²) in [5.74, 6) is -2.95. The van der Waals surface area contributed by atoms with Crippen LogP contribution >= 0.6 is 0 Å². The van der Waals surface area contributed by atoms with E-state index in [9.17, 15) is 8.78 Å². The fourth-order valence-corrected chi connectivity index (χ4v) is 0.881. The van der Waals surface area contributed by atoms with Gasteiger partial charge >= 0.3 is 0 Å². The van der Waals surface area contributed by atoms with Crippen molar-refractivity contribution in [3.05, 3.63) is 30.1 Å². The Bertz CT molecular complexity index is 238. The van der Waals surface area contributed by atoms with Crippen LogP contribution in [0.5, 0.6) is 0 Å². The first kappa shape index (κ1) is 9.06. The van der Waals surface area contributed by atoms with Crippen LogP contribution in [0.3, 0.4) is 0 Å². The van der Waals surface area contributed by atoms with Crippen molar-refractivity contribution in [1.29, 1.82) is 0 Å². The van der Waals surface area contributed by atoms with E-state index in [1.807, 2.05) is 0 Å². The van der Waals surface area contributed by atoms with Crippen LogP contribution in [0, 0.1) is 0 Å². The average Bonchev–Trinajstić information content (AvgIpc) is 2.06. The van der Waals surface area contributed by atoms with Gasteiger partial charge in [0.05, 0.1) is 0 Å². The van der Waals surface area contributed by atoms with Crippen LogP contribution in [-0.4, -0.2) is 16.7 Å². The molecule has 1 N–H and O–H groups in total. The van der Waals surface area contributed by atoms with Crippen molar-refractivity contribution >= 4 is 0 Å². The molecular weight excluding hydrogens is 164 g/mol. The summed E-state index contributed by atoms with van der Waals surface area (Å²) in [6.45, 7) is -0.519. The summed E-state index contributed by atoms with van der Waals surface area (Å²) in [5, 5.41) is 8.37. The van der Waals surface area contributed by atoms with Crippen molar-refractivity contribution in [3.8, 4) is 0 Å². The Labute approximate surface area is 68.9 Å². The van der Waals surface area contributed by atoms with Crippen LogP contribution in [0.4, 0.5) is 8.78 Å². The predicted molar refractivity (Wildman–Crippen MR) is 39.8 cm³/mol. The highest BCUT2D eigenvalue weighted by molar-refractivity contribution is 5.15. The second kappa shape index (κ2) is 3.58. The van der Waals surface area contributed by atoms with E-state index in [1.54, 1.807) is 0 Å². The zero-order valence-corrected chi connectivity index (χ0v) is 6.37. The van der Waals surface area contributed by atoms with E-state index in [0.29, 0.717) is 0 Å². The quantitative estimate of drug-likeness (QED) is 0.752. The number of hydrogen-bond donors (Lipinski definition) is 1. The highest BCUT2D eigenvalue weighted by Gasteiger charge is 2.30. The van der Waals surface area contributed by atoms with Gasteiger partial charge in [-0.25, -0.2) is 8.78 Å². The first-order valence-electron chi connectivity index (χ1n) is 3.56. The third kappa shape index (κ3) is 1.98. The number of pyridine rings is 1. The fourth-order valence-electron chi connectivity index (χ4n) is 0.881. The maximum Gasteiger partial charge on any atom is 0.275 e. The van der Waals surface area contributed by atoms with Gasteiger partial charge in [0, 0.05) is 31.0 Å². The molecule has 0 aliphatic carbocycles. The number of aromatic nitrogens is 1. The van der Waals surface area contributed by atoms with Gasteiger partial charge in [-0.2, -0.15) is 0 Å². The SMILES string of the molecule is OCCC(F)(F)c1ccncc1. The van der Waals surface area contributed by atoms with Gasteiger partial charge in [0.2, 0.25) is 0 Å². The molecule has 0 aliphatic heterocycles. The molecule has 0 atom stereocenters. The number of aliphatic hydroxyl groups excluding tert-OH is 1. The third-order valence-electron chi connectivity index (χ3n) is 1.53. The molecule has 0 radical (unpaired) electrons. The molecule has 66 valence electrons. The van der Waals surface area contributed by atoms with Crippen molar-refractivity contribution in [2.45, 2.75) is 12.3 Å². The summed E-state index contributed by atoms with van der Waals surface area (Å²) in [5.41, 5.74) is -0.105. The highest BCUT2D eigenvalue weighted by Crippen LogP contribution is 2.30. The Morgan fingerprint density at radius 2 is 1.92 bits per heavy atom. The number of aliphatic hydroxyl groups is 1. The largest absolute Gasteiger partial charge is 0.396 e. The lowest BCUT2D eigenvalue weighted by Crippen LogP contribution is -2.14. The summed E-state index contributed by atoms with van der Waals surface area (Å²) < 4.78 is 25.9. The standard InChI is InChI=1S/C8H9F2NO/c9-8(10,3-6-12)7-1-4-11-5-2-7/h1-2,4-5,12H,3,6H2. The summed E-state index contributed by atoms with van der Waals surface area (Å²) in [4.78, 5) is 3.62. The molecule has 0 spiro atoms. The zero-order chi connectivity index (χ0) is 9.03. The molecule has 1 rings (SSSR count). The van der Waals surface area contributed by atoms with Crippen molar-refractivity contribution < 1.29 is 13.9 Å². The molecule has 12 heavy (non-hydrogen) atoms. The van der Waals surface area contributed by atoms with Gasteiger partial charge in [0.15, 0.2) is 0 Å². The lowest BCUT2D eigenvalue weighted by Gasteiger charge is -2.14. The van der Waals surface area contributed by atoms with Crippen molar-refractivity contribution in [2.24, 2.45) is 0 Å². The second-order valence-corrected chi connectivity index (χ2v) is 2.41. The van der Waals surface area contributed by atoms with E-state index in [2.05, 4.69) is 4.98 Å². The smallest absolute Gasteiger partial charge is 0.275 e. The van der Waals surface area contributed by atoms with E-state index >= 15 is 0 Å². The Morgan fingerprint density at radius 3 is 2.42 bits per heavy atom. The normalized spacial score (nSPS) is 11.6.